The van der Waals surface area contributed by atoms with Crippen LogP contribution >= 0.6 is 28.3 Å². The molecule has 1 amide bonds. The van der Waals surface area contributed by atoms with Crippen LogP contribution in [-0.2, 0) is 0 Å². The van der Waals surface area contributed by atoms with Gasteiger partial charge in [-0.2, -0.15) is 0 Å². The van der Waals surface area contributed by atoms with Crippen molar-refractivity contribution in [1.82, 2.24) is 10.6 Å². The number of carbonyl (C=O) groups is 1. The number of halogens is 2. The van der Waals surface area contributed by atoms with E-state index in [0.717, 1.165) is 17.6 Å². The number of benzene rings is 1. The molecule has 1 heterocycles. The third-order valence-electron chi connectivity index (χ3n) is 2.70. The molecule has 0 aliphatic carbocycles. The molecule has 0 saturated carbocycles. The summed E-state index contributed by atoms with van der Waals surface area (Å²) in [6.45, 7) is 5.31. The number of likely N-dealkylation sites (N-methyl/N-ethyl adjacent to an activating group) is 1. The number of carbonyl (C=O) groups excluding carboxylic acids is 1. The molecule has 1 aromatic carbocycles. The monoisotopic (exact) mass is 364 g/mol. The van der Waals surface area contributed by atoms with Crippen LogP contribution in [0.2, 0.25) is 0 Å². The van der Waals surface area contributed by atoms with E-state index >= 15 is 0 Å². The van der Waals surface area contributed by atoms with Crippen LogP contribution in [0.25, 0.3) is 0 Å². The summed E-state index contributed by atoms with van der Waals surface area (Å²) < 4.78 is 11.7. The summed E-state index contributed by atoms with van der Waals surface area (Å²) >= 11 is 3.40. The summed E-state index contributed by atoms with van der Waals surface area (Å²) in [5, 5.41) is 6.00. The lowest BCUT2D eigenvalue weighted by atomic mass is 10.2. The smallest absolute Gasteiger partial charge is 0.251 e. The van der Waals surface area contributed by atoms with Gasteiger partial charge in [0.1, 0.15) is 13.2 Å². The lowest BCUT2D eigenvalue weighted by Gasteiger charge is -2.20. The molecule has 0 spiro atoms. The van der Waals surface area contributed by atoms with Crippen molar-refractivity contribution in [2.75, 3.05) is 32.8 Å². The van der Waals surface area contributed by atoms with E-state index in [-0.39, 0.29) is 18.3 Å². The van der Waals surface area contributed by atoms with Gasteiger partial charge in [-0.25, -0.2) is 0 Å². The molecule has 20 heavy (non-hydrogen) atoms. The molecule has 0 fully saturated rings. The zero-order valence-electron chi connectivity index (χ0n) is 11.2. The van der Waals surface area contributed by atoms with Gasteiger partial charge < -0.3 is 20.1 Å². The maximum atomic E-state index is 12.0. The number of nitrogens with one attached hydrogen (secondary N) is 2. The van der Waals surface area contributed by atoms with Crippen LogP contribution in [0.3, 0.4) is 0 Å². The van der Waals surface area contributed by atoms with Crippen LogP contribution in [0.5, 0.6) is 11.5 Å². The predicted molar refractivity (Wildman–Crippen MR) is 83.3 cm³/mol. The zero-order valence-corrected chi connectivity index (χ0v) is 13.6. The predicted octanol–water partition coefficient (Wildman–Crippen LogP) is 1.98. The summed E-state index contributed by atoms with van der Waals surface area (Å²) in [7, 11) is 0. The standard InChI is InChI=1S/C13H17BrN2O3.ClH/c1-2-15-3-4-16-13(17)9-7-10(14)12-11(8-9)18-5-6-19-12;/h7-8,15H,2-6H2,1H3,(H,16,17);1H. The third kappa shape index (κ3) is 4.26. The lowest BCUT2D eigenvalue weighted by Crippen LogP contribution is -2.31. The van der Waals surface area contributed by atoms with E-state index in [1.165, 1.54) is 0 Å². The van der Waals surface area contributed by atoms with E-state index in [9.17, 15) is 4.79 Å². The molecule has 0 atom stereocenters. The molecule has 5 nitrogen and oxygen atoms in total. The molecule has 0 bridgehead atoms. The van der Waals surface area contributed by atoms with E-state index in [4.69, 9.17) is 9.47 Å². The molecule has 0 saturated heterocycles. The summed E-state index contributed by atoms with van der Waals surface area (Å²) in [5.41, 5.74) is 0.563. The second-order valence-corrected chi connectivity index (χ2v) is 4.95. The minimum Gasteiger partial charge on any atom is -0.486 e. The van der Waals surface area contributed by atoms with Crippen molar-refractivity contribution in [2.45, 2.75) is 6.92 Å². The molecular weight excluding hydrogens is 348 g/mol. The average Bonchev–Trinajstić information content (AvgIpc) is 2.43. The molecule has 2 rings (SSSR count). The van der Waals surface area contributed by atoms with Crippen molar-refractivity contribution >= 4 is 34.2 Å². The van der Waals surface area contributed by atoms with Crippen molar-refractivity contribution < 1.29 is 14.3 Å². The Morgan fingerprint density at radius 3 is 2.80 bits per heavy atom. The molecule has 1 aromatic rings. The van der Waals surface area contributed by atoms with Gasteiger partial charge in [-0.05, 0) is 34.6 Å². The first kappa shape index (κ1) is 17.1. The normalized spacial score (nSPS) is 12.5. The van der Waals surface area contributed by atoms with Gasteiger partial charge in [-0.3, -0.25) is 4.79 Å². The van der Waals surface area contributed by atoms with Crippen molar-refractivity contribution in [2.24, 2.45) is 0 Å². The largest absolute Gasteiger partial charge is 0.486 e. The topological polar surface area (TPSA) is 59.6 Å². The highest BCUT2D eigenvalue weighted by Gasteiger charge is 2.18. The fraction of sp³-hybridized carbons (Fsp3) is 0.462. The molecule has 2 N–H and O–H groups in total. The van der Waals surface area contributed by atoms with Crippen molar-refractivity contribution in [3.05, 3.63) is 22.2 Å². The van der Waals surface area contributed by atoms with Crippen LogP contribution < -0.4 is 20.1 Å². The Morgan fingerprint density at radius 1 is 1.30 bits per heavy atom. The average molecular weight is 366 g/mol. The lowest BCUT2D eigenvalue weighted by molar-refractivity contribution is 0.0952. The second kappa shape index (κ2) is 8.34. The molecule has 112 valence electrons. The summed E-state index contributed by atoms with van der Waals surface area (Å²) in [6.07, 6.45) is 0. The maximum absolute atomic E-state index is 12.0. The zero-order chi connectivity index (χ0) is 13.7. The number of hydrogen-bond acceptors (Lipinski definition) is 4. The molecule has 0 aromatic heterocycles. The molecule has 0 radical (unpaired) electrons. The number of hydrogen-bond donors (Lipinski definition) is 2. The summed E-state index contributed by atoms with van der Waals surface area (Å²) in [4.78, 5) is 12.0. The van der Waals surface area contributed by atoms with Gasteiger partial charge in [0.15, 0.2) is 11.5 Å². The molecule has 1 aliphatic rings. The molecule has 1 aliphatic heterocycles. The number of rotatable bonds is 5. The third-order valence-corrected chi connectivity index (χ3v) is 3.29. The highest BCUT2D eigenvalue weighted by Crippen LogP contribution is 2.38. The van der Waals surface area contributed by atoms with Gasteiger partial charge in [0.05, 0.1) is 4.47 Å². The van der Waals surface area contributed by atoms with Gasteiger partial charge in [-0.15, -0.1) is 12.4 Å². The Balaban J connectivity index is 0.00000200. The van der Waals surface area contributed by atoms with Crippen LogP contribution in [0.1, 0.15) is 17.3 Å². The van der Waals surface area contributed by atoms with Crippen molar-refractivity contribution in [1.29, 1.82) is 0 Å². The van der Waals surface area contributed by atoms with Gasteiger partial charge in [0.25, 0.3) is 5.91 Å². The minimum absolute atomic E-state index is 0. The van der Waals surface area contributed by atoms with Crippen LogP contribution in [0.4, 0.5) is 0 Å². The van der Waals surface area contributed by atoms with E-state index in [1.807, 2.05) is 6.92 Å². The first-order chi connectivity index (χ1) is 9.22. The Bertz CT molecular complexity index is 471. The first-order valence-corrected chi connectivity index (χ1v) is 7.09. The van der Waals surface area contributed by atoms with Crippen molar-refractivity contribution in [3.8, 4) is 11.5 Å². The van der Waals surface area contributed by atoms with E-state index in [2.05, 4.69) is 26.6 Å². The van der Waals surface area contributed by atoms with Gasteiger partial charge in [0, 0.05) is 18.7 Å². The molecular formula is C13H18BrClN2O3. The van der Waals surface area contributed by atoms with Crippen molar-refractivity contribution in [3.63, 3.8) is 0 Å². The van der Waals surface area contributed by atoms with E-state index in [0.29, 0.717) is 36.8 Å². The minimum atomic E-state index is -0.115. The second-order valence-electron chi connectivity index (χ2n) is 4.09. The molecule has 7 heteroatoms. The SMILES string of the molecule is CCNCCNC(=O)c1cc(Br)c2c(c1)OCCO2.Cl. The Kier molecular flexibility index (Phi) is 7.12. The maximum Gasteiger partial charge on any atom is 0.251 e. The van der Waals surface area contributed by atoms with Gasteiger partial charge in [0.2, 0.25) is 0 Å². The Labute approximate surface area is 132 Å². The summed E-state index contributed by atoms with van der Waals surface area (Å²) in [6, 6.07) is 3.46. The van der Waals surface area contributed by atoms with Crippen LogP contribution in [-0.4, -0.2) is 38.8 Å². The van der Waals surface area contributed by atoms with Gasteiger partial charge in [-0.1, -0.05) is 6.92 Å². The fourth-order valence-corrected chi connectivity index (χ4v) is 2.34. The quantitative estimate of drug-likeness (QED) is 0.784. The van der Waals surface area contributed by atoms with Crippen LogP contribution in [0.15, 0.2) is 16.6 Å². The van der Waals surface area contributed by atoms with E-state index in [1.54, 1.807) is 12.1 Å². The Morgan fingerprint density at radius 2 is 2.05 bits per heavy atom. The molecule has 0 unspecified atom stereocenters. The van der Waals surface area contributed by atoms with Gasteiger partial charge >= 0.3 is 0 Å². The first-order valence-electron chi connectivity index (χ1n) is 6.30. The number of ether oxygens (including phenoxy) is 2. The highest BCUT2D eigenvalue weighted by molar-refractivity contribution is 9.10. The number of amides is 1. The summed E-state index contributed by atoms with van der Waals surface area (Å²) in [5.74, 6) is 1.16. The van der Waals surface area contributed by atoms with E-state index < -0.39 is 0 Å². The fourth-order valence-electron chi connectivity index (χ4n) is 1.79. The Hall–Kier alpha value is -0.980. The highest BCUT2D eigenvalue weighted by atomic mass is 79.9. The number of fused-ring (bicyclic) bond motifs is 1. The van der Waals surface area contributed by atoms with Crippen LogP contribution in [0, 0.1) is 0 Å².